The monoisotopic (exact) mass is 241 g/mol. The zero-order chi connectivity index (χ0) is 9.42. The smallest absolute Gasteiger partial charge is 0.307 e. The molecule has 1 aliphatic rings. The van der Waals surface area contributed by atoms with E-state index in [-0.39, 0.29) is 11.8 Å². The number of aromatic nitrogens is 1. The molecule has 3 nitrogen and oxygen atoms in total. The Morgan fingerprint density at radius 2 is 2.38 bits per heavy atom. The van der Waals surface area contributed by atoms with Gasteiger partial charge in [0.15, 0.2) is 0 Å². The second kappa shape index (κ2) is 3.10. The highest BCUT2D eigenvalue weighted by atomic mass is 79.9. The van der Waals surface area contributed by atoms with Crippen molar-refractivity contribution in [3.63, 3.8) is 0 Å². The van der Waals surface area contributed by atoms with Crippen LogP contribution in [0.25, 0.3) is 0 Å². The summed E-state index contributed by atoms with van der Waals surface area (Å²) in [5.41, 5.74) is 0.877. The molecule has 4 heteroatoms. The zero-order valence-corrected chi connectivity index (χ0v) is 8.36. The molecule has 2 atom stereocenters. The quantitative estimate of drug-likeness (QED) is 0.807. The maximum absolute atomic E-state index is 10.6. The Hall–Kier alpha value is -0.900. The Bertz CT molecular complexity index is 353. The van der Waals surface area contributed by atoms with E-state index in [2.05, 4.69) is 20.9 Å². The third-order valence-corrected chi connectivity index (χ3v) is 2.67. The van der Waals surface area contributed by atoms with Gasteiger partial charge in [0.2, 0.25) is 0 Å². The summed E-state index contributed by atoms with van der Waals surface area (Å²) in [6.07, 6.45) is 0.721. The average Bonchev–Trinajstić information content (AvgIpc) is 2.82. The van der Waals surface area contributed by atoms with E-state index in [0.717, 1.165) is 16.7 Å². The van der Waals surface area contributed by atoms with E-state index in [0.29, 0.717) is 0 Å². The Morgan fingerprint density at radius 3 is 2.92 bits per heavy atom. The van der Waals surface area contributed by atoms with Crippen molar-refractivity contribution in [2.75, 3.05) is 0 Å². The van der Waals surface area contributed by atoms with E-state index >= 15 is 0 Å². The van der Waals surface area contributed by atoms with Crippen molar-refractivity contribution >= 4 is 21.9 Å². The van der Waals surface area contributed by atoms with Gasteiger partial charge in [0.1, 0.15) is 4.60 Å². The number of carboxylic acid groups (broad SMARTS) is 1. The van der Waals surface area contributed by atoms with E-state index in [1.165, 1.54) is 0 Å². The van der Waals surface area contributed by atoms with Gasteiger partial charge >= 0.3 is 5.97 Å². The van der Waals surface area contributed by atoms with Gasteiger partial charge in [-0.3, -0.25) is 4.79 Å². The molecule has 0 amide bonds. The number of carboxylic acids is 1. The number of hydrogen-bond acceptors (Lipinski definition) is 2. The van der Waals surface area contributed by atoms with Gasteiger partial charge in [0.05, 0.1) is 5.92 Å². The van der Waals surface area contributed by atoms with Gasteiger partial charge in [-0.25, -0.2) is 4.98 Å². The first-order valence-corrected chi connectivity index (χ1v) is 4.83. The number of hydrogen-bond donors (Lipinski definition) is 1. The second-order valence-corrected chi connectivity index (χ2v) is 3.98. The molecule has 0 aromatic carbocycles. The third kappa shape index (κ3) is 1.72. The van der Waals surface area contributed by atoms with Crippen LogP contribution in [0.5, 0.6) is 0 Å². The van der Waals surface area contributed by atoms with Crippen LogP contribution in [0.2, 0.25) is 0 Å². The molecule has 0 spiro atoms. The van der Waals surface area contributed by atoms with Gasteiger partial charge < -0.3 is 5.11 Å². The van der Waals surface area contributed by atoms with Crippen LogP contribution in [0.15, 0.2) is 22.8 Å². The molecule has 0 radical (unpaired) electrons. The largest absolute Gasteiger partial charge is 0.481 e. The average molecular weight is 242 g/mol. The summed E-state index contributed by atoms with van der Waals surface area (Å²) in [5.74, 6) is -0.816. The minimum Gasteiger partial charge on any atom is -0.481 e. The summed E-state index contributed by atoms with van der Waals surface area (Å²) in [5, 5.41) is 8.71. The molecule has 1 aromatic heterocycles. The minimum absolute atomic E-state index is 0.120. The first-order valence-electron chi connectivity index (χ1n) is 4.04. The van der Waals surface area contributed by atoms with Crippen molar-refractivity contribution in [3.05, 3.63) is 28.5 Å². The van der Waals surface area contributed by atoms with Crippen LogP contribution in [0.1, 0.15) is 18.0 Å². The summed E-state index contributed by atoms with van der Waals surface area (Å²) in [6.45, 7) is 0. The van der Waals surface area contributed by atoms with E-state index < -0.39 is 5.97 Å². The lowest BCUT2D eigenvalue weighted by Gasteiger charge is -1.97. The Labute approximate surface area is 83.9 Å². The maximum atomic E-state index is 10.6. The molecular formula is C9H8BrNO2. The number of halogens is 1. The van der Waals surface area contributed by atoms with Gasteiger partial charge in [-0.05, 0) is 34.5 Å². The Balaban J connectivity index is 2.16. The fraction of sp³-hybridized carbons (Fsp3) is 0.333. The summed E-state index contributed by atoms with van der Waals surface area (Å²) < 4.78 is 0.765. The highest BCUT2D eigenvalue weighted by Gasteiger charge is 2.45. The highest BCUT2D eigenvalue weighted by molar-refractivity contribution is 9.10. The molecule has 1 N–H and O–H groups in total. The maximum Gasteiger partial charge on any atom is 0.307 e. The zero-order valence-electron chi connectivity index (χ0n) is 6.77. The number of aliphatic carboxylic acids is 1. The van der Waals surface area contributed by atoms with Crippen LogP contribution < -0.4 is 0 Å². The SMILES string of the molecule is O=C(O)[C@H]1C[C@@H]1c1cccc(Br)n1. The molecule has 1 heterocycles. The molecule has 1 saturated carbocycles. The second-order valence-electron chi connectivity index (χ2n) is 3.17. The minimum atomic E-state index is -0.716. The summed E-state index contributed by atoms with van der Waals surface area (Å²) in [4.78, 5) is 14.8. The van der Waals surface area contributed by atoms with E-state index in [1.54, 1.807) is 0 Å². The van der Waals surface area contributed by atoms with Crippen molar-refractivity contribution in [1.82, 2.24) is 4.98 Å². The predicted octanol–water partition coefficient (Wildman–Crippen LogP) is 2.03. The number of carbonyl (C=O) groups is 1. The molecule has 0 aliphatic heterocycles. The molecular weight excluding hydrogens is 234 g/mol. The van der Waals surface area contributed by atoms with E-state index in [9.17, 15) is 4.79 Å². The van der Waals surface area contributed by atoms with Crippen LogP contribution >= 0.6 is 15.9 Å². The highest BCUT2D eigenvalue weighted by Crippen LogP contribution is 2.46. The molecule has 0 bridgehead atoms. The van der Waals surface area contributed by atoms with Crippen LogP contribution in [0.3, 0.4) is 0 Å². The van der Waals surface area contributed by atoms with Crippen molar-refractivity contribution in [2.24, 2.45) is 5.92 Å². The van der Waals surface area contributed by atoms with Crippen molar-refractivity contribution in [2.45, 2.75) is 12.3 Å². The third-order valence-electron chi connectivity index (χ3n) is 2.22. The molecule has 2 rings (SSSR count). The van der Waals surface area contributed by atoms with Crippen molar-refractivity contribution in [3.8, 4) is 0 Å². The summed E-state index contributed by atoms with van der Waals surface area (Å²) in [6, 6.07) is 5.59. The normalized spacial score (nSPS) is 25.6. The van der Waals surface area contributed by atoms with E-state index in [1.807, 2.05) is 18.2 Å². The fourth-order valence-corrected chi connectivity index (χ4v) is 1.78. The first-order chi connectivity index (χ1) is 6.18. The van der Waals surface area contributed by atoms with Crippen LogP contribution in [0.4, 0.5) is 0 Å². The lowest BCUT2D eigenvalue weighted by Crippen LogP contribution is -1.99. The lowest BCUT2D eigenvalue weighted by atomic mass is 10.2. The van der Waals surface area contributed by atoms with Crippen LogP contribution in [0, 0.1) is 5.92 Å². The molecule has 68 valence electrons. The molecule has 0 saturated heterocycles. The van der Waals surface area contributed by atoms with Crippen molar-refractivity contribution in [1.29, 1.82) is 0 Å². The lowest BCUT2D eigenvalue weighted by molar-refractivity contribution is -0.138. The van der Waals surface area contributed by atoms with Gasteiger partial charge in [-0.2, -0.15) is 0 Å². The van der Waals surface area contributed by atoms with Gasteiger partial charge in [0, 0.05) is 11.6 Å². The molecule has 1 fully saturated rings. The van der Waals surface area contributed by atoms with E-state index in [4.69, 9.17) is 5.11 Å². The number of pyridine rings is 1. The molecule has 13 heavy (non-hydrogen) atoms. The molecule has 0 unspecified atom stereocenters. The van der Waals surface area contributed by atoms with Gasteiger partial charge in [0.25, 0.3) is 0 Å². The standard InChI is InChI=1S/C9H8BrNO2/c10-8-3-1-2-7(11-8)5-4-6(5)9(12)13/h1-3,5-6H,4H2,(H,12,13)/t5-,6-/m0/s1. The Kier molecular flexibility index (Phi) is 2.07. The summed E-state index contributed by atoms with van der Waals surface area (Å²) >= 11 is 3.26. The molecule has 1 aliphatic carbocycles. The fourth-order valence-electron chi connectivity index (χ4n) is 1.43. The number of nitrogens with zero attached hydrogens (tertiary/aromatic N) is 1. The topological polar surface area (TPSA) is 50.2 Å². The van der Waals surface area contributed by atoms with Gasteiger partial charge in [-0.15, -0.1) is 0 Å². The molecule has 1 aromatic rings. The van der Waals surface area contributed by atoms with Crippen LogP contribution in [-0.2, 0) is 4.79 Å². The van der Waals surface area contributed by atoms with Gasteiger partial charge in [-0.1, -0.05) is 6.07 Å². The first kappa shape index (κ1) is 8.69. The predicted molar refractivity (Wildman–Crippen MR) is 50.4 cm³/mol. The van der Waals surface area contributed by atoms with Crippen LogP contribution in [-0.4, -0.2) is 16.1 Å². The number of rotatable bonds is 2. The summed E-state index contributed by atoms with van der Waals surface area (Å²) in [7, 11) is 0. The Morgan fingerprint density at radius 1 is 1.62 bits per heavy atom. The van der Waals surface area contributed by atoms with Crippen molar-refractivity contribution < 1.29 is 9.90 Å².